The van der Waals surface area contributed by atoms with E-state index in [0.717, 1.165) is 27.8 Å². The van der Waals surface area contributed by atoms with Crippen LogP contribution in [0.2, 0.25) is 0 Å². The zero-order valence-corrected chi connectivity index (χ0v) is 15.7. The van der Waals surface area contributed by atoms with Gasteiger partial charge in [0.05, 0.1) is 4.90 Å². The van der Waals surface area contributed by atoms with Crippen LogP contribution in [0.4, 0.5) is 0 Å². The third-order valence-electron chi connectivity index (χ3n) is 4.01. The van der Waals surface area contributed by atoms with Gasteiger partial charge in [0.2, 0.25) is 10.0 Å². The first kappa shape index (κ1) is 18.4. The Morgan fingerprint density at radius 1 is 0.958 bits per heavy atom. The average Bonchev–Trinajstić information content (AvgIpc) is 2.47. The van der Waals surface area contributed by atoms with E-state index in [1.165, 1.54) is 4.31 Å². The first-order chi connectivity index (χ1) is 11.3. The SMILES string of the molecule is C=CCN(Cc1ccc(C)cc1)S(=O)(=O)c1c(C)cc(C)cc1C. The highest BCUT2D eigenvalue weighted by Gasteiger charge is 2.27. The van der Waals surface area contributed by atoms with Crippen LogP contribution in [-0.4, -0.2) is 19.3 Å². The van der Waals surface area contributed by atoms with Crippen LogP contribution in [0.25, 0.3) is 0 Å². The minimum Gasteiger partial charge on any atom is -0.207 e. The predicted molar refractivity (Wildman–Crippen MR) is 99.6 cm³/mol. The van der Waals surface area contributed by atoms with Gasteiger partial charge < -0.3 is 0 Å². The number of hydrogen-bond acceptors (Lipinski definition) is 2. The summed E-state index contributed by atoms with van der Waals surface area (Å²) in [5.41, 5.74) is 4.75. The number of rotatable bonds is 6. The van der Waals surface area contributed by atoms with Crippen LogP contribution >= 0.6 is 0 Å². The smallest absolute Gasteiger partial charge is 0.207 e. The molecule has 0 radical (unpaired) electrons. The highest BCUT2D eigenvalue weighted by atomic mass is 32.2. The standard InChI is InChI=1S/C20H25NO2S/c1-6-11-21(14-19-9-7-15(2)8-10-19)24(22,23)20-17(4)12-16(3)13-18(20)5/h6-10,12-13H,1,11,14H2,2-5H3. The molecule has 0 atom stereocenters. The van der Waals surface area contributed by atoms with Gasteiger partial charge in [-0.25, -0.2) is 8.42 Å². The lowest BCUT2D eigenvalue weighted by molar-refractivity contribution is 0.437. The van der Waals surface area contributed by atoms with E-state index < -0.39 is 10.0 Å². The van der Waals surface area contributed by atoms with Crippen LogP contribution in [0.3, 0.4) is 0 Å². The van der Waals surface area contributed by atoms with Crippen molar-refractivity contribution in [3.8, 4) is 0 Å². The van der Waals surface area contributed by atoms with Crippen LogP contribution in [0.1, 0.15) is 27.8 Å². The molecule has 0 spiro atoms. The number of benzene rings is 2. The summed E-state index contributed by atoms with van der Waals surface area (Å²) in [6.07, 6.45) is 1.63. The maximum absolute atomic E-state index is 13.2. The lowest BCUT2D eigenvalue weighted by Crippen LogP contribution is -2.32. The first-order valence-electron chi connectivity index (χ1n) is 8.00. The third-order valence-corrected chi connectivity index (χ3v) is 6.13. The molecule has 0 fully saturated rings. The molecule has 0 unspecified atom stereocenters. The molecule has 0 aliphatic heterocycles. The summed E-state index contributed by atoms with van der Waals surface area (Å²) >= 11 is 0. The van der Waals surface area contributed by atoms with E-state index in [1.807, 2.05) is 64.1 Å². The van der Waals surface area contributed by atoms with Crippen molar-refractivity contribution in [3.63, 3.8) is 0 Å². The Kier molecular flexibility index (Phi) is 5.62. The Labute approximate surface area is 145 Å². The minimum absolute atomic E-state index is 0.281. The van der Waals surface area contributed by atoms with Crippen molar-refractivity contribution in [1.29, 1.82) is 0 Å². The lowest BCUT2D eigenvalue weighted by Gasteiger charge is -2.23. The summed E-state index contributed by atoms with van der Waals surface area (Å²) in [6.45, 7) is 12.0. The number of aryl methyl sites for hydroxylation is 4. The van der Waals surface area contributed by atoms with E-state index >= 15 is 0 Å². The molecule has 128 valence electrons. The molecule has 0 heterocycles. The molecule has 4 heteroatoms. The number of sulfonamides is 1. The predicted octanol–water partition coefficient (Wildman–Crippen LogP) is 4.30. The highest BCUT2D eigenvalue weighted by Crippen LogP contribution is 2.26. The van der Waals surface area contributed by atoms with Gasteiger partial charge in [0.25, 0.3) is 0 Å². The zero-order chi connectivity index (χ0) is 17.9. The highest BCUT2D eigenvalue weighted by molar-refractivity contribution is 7.89. The molecular formula is C20H25NO2S. The largest absolute Gasteiger partial charge is 0.244 e. The van der Waals surface area contributed by atoms with Crippen molar-refractivity contribution < 1.29 is 8.42 Å². The second kappa shape index (κ2) is 7.32. The molecule has 2 aromatic carbocycles. The molecule has 0 aliphatic carbocycles. The summed E-state index contributed by atoms with van der Waals surface area (Å²) in [7, 11) is -3.59. The molecule has 2 aromatic rings. The van der Waals surface area contributed by atoms with Crippen molar-refractivity contribution >= 4 is 10.0 Å². The van der Waals surface area contributed by atoms with E-state index in [2.05, 4.69) is 6.58 Å². The van der Waals surface area contributed by atoms with Crippen molar-refractivity contribution in [3.05, 3.63) is 76.9 Å². The fourth-order valence-corrected chi connectivity index (χ4v) is 4.80. The number of hydrogen-bond donors (Lipinski definition) is 0. The molecule has 0 aromatic heterocycles. The van der Waals surface area contributed by atoms with Gasteiger partial charge in [-0.05, 0) is 44.4 Å². The summed E-state index contributed by atoms with van der Waals surface area (Å²) in [5, 5.41) is 0. The van der Waals surface area contributed by atoms with Gasteiger partial charge in [0.15, 0.2) is 0 Å². The molecule has 0 saturated carbocycles. The maximum Gasteiger partial charge on any atom is 0.244 e. The van der Waals surface area contributed by atoms with Gasteiger partial charge >= 0.3 is 0 Å². The molecule has 24 heavy (non-hydrogen) atoms. The average molecular weight is 343 g/mol. The quantitative estimate of drug-likeness (QED) is 0.734. The van der Waals surface area contributed by atoms with Gasteiger partial charge in [-0.1, -0.05) is 53.6 Å². The van der Waals surface area contributed by atoms with E-state index in [1.54, 1.807) is 6.08 Å². The Bertz CT molecular complexity index is 813. The van der Waals surface area contributed by atoms with Crippen molar-refractivity contribution in [2.24, 2.45) is 0 Å². The Hall–Kier alpha value is -1.91. The van der Waals surface area contributed by atoms with Gasteiger partial charge in [0, 0.05) is 13.1 Å². The van der Waals surface area contributed by atoms with E-state index in [0.29, 0.717) is 11.4 Å². The maximum atomic E-state index is 13.2. The second-order valence-corrected chi connectivity index (χ2v) is 8.17. The fourth-order valence-electron chi connectivity index (χ4n) is 2.99. The molecule has 0 amide bonds. The zero-order valence-electron chi connectivity index (χ0n) is 14.8. The van der Waals surface area contributed by atoms with Crippen molar-refractivity contribution in [2.45, 2.75) is 39.1 Å². The molecule has 3 nitrogen and oxygen atoms in total. The Balaban J connectivity index is 2.46. The number of nitrogens with zero attached hydrogens (tertiary/aromatic N) is 1. The summed E-state index contributed by atoms with van der Waals surface area (Å²) in [6, 6.07) is 11.8. The van der Waals surface area contributed by atoms with E-state index in [9.17, 15) is 8.42 Å². The van der Waals surface area contributed by atoms with E-state index in [4.69, 9.17) is 0 Å². The molecular weight excluding hydrogens is 318 g/mol. The lowest BCUT2D eigenvalue weighted by atomic mass is 10.1. The van der Waals surface area contributed by atoms with Crippen LogP contribution in [0, 0.1) is 27.7 Å². The van der Waals surface area contributed by atoms with Crippen LogP contribution in [-0.2, 0) is 16.6 Å². The Morgan fingerprint density at radius 3 is 2.00 bits per heavy atom. The molecule has 0 saturated heterocycles. The molecule has 2 rings (SSSR count). The van der Waals surface area contributed by atoms with Gasteiger partial charge in [-0.3, -0.25) is 0 Å². The molecule has 0 aliphatic rings. The van der Waals surface area contributed by atoms with Crippen LogP contribution in [0.5, 0.6) is 0 Å². The van der Waals surface area contributed by atoms with Crippen molar-refractivity contribution in [1.82, 2.24) is 4.31 Å². The normalized spacial score (nSPS) is 11.7. The summed E-state index contributed by atoms with van der Waals surface area (Å²) < 4.78 is 27.9. The third kappa shape index (κ3) is 3.94. The van der Waals surface area contributed by atoms with Crippen LogP contribution < -0.4 is 0 Å². The topological polar surface area (TPSA) is 37.4 Å². The molecule has 0 bridgehead atoms. The fraction of sp³-hybridized carbons (Fsp3) is 0.300. The van der Waals surface area contributed by atoms with Gasteiger partial charge in [-0.15, -0.1) is 6.58 Å². The van der Waals surface area contributed by atoms with Gasteiger partial charge in [0.1, 0.15) is 0 Å². The second-order valence-electron chi connectivity index (χ2n) is 6.30. The summed E-state index contributed by atoms with van der Waals surface area (Å²) in [5.74, 6) is 0. The minimum atomic E-state index is -3.59. The van der Waals surface area contributed by atoms with E-state index in [-0.39, 0.29) is 6.54 Å². The first-order valence-corrected chi connectivity index (χ1v) is 9.44. The van der Waals surface area contributed by atoms with Gasteiger partial charge in [-0.2, -0.15) is 4.31 Å². The monoisotopic (exact) mass is 343 g/mol. The summed E-state index contributed by atoms with van der Waals surface area (Å²) in [4.78, 5) is 0.405. The molecule has 0 N–H and O–H groups in total. The van der Waals surface area contributed by atoms with Crippen molar-refractivity contribution in [2.75, 3.05) is 6.54 Å². The van der Waals surface area contributed by atoms with Crippen LogP contribution in [0.15, 0.2) is 53.9 Å². The Morgan fingerprint density at radius 2 is 1.50 bits per heavy atom.